The van der Waals surface area contributed by atoms with Crippen LogP contribution in [0.4, 0.5) is 0 Å². The summed E-state index contributed by atoms with van der Waals surface area (Å²) >= 11 is 0. The van der Waals surface area contributed by atoms with E-state index in [-0.39, 0.29) is 10.9 Å². The van der Waals surface area contributed by atoms with E-state index in [4.69, 9.17) is 0 Å². The molecular weight excluding hydrogens is 320 g/mol. The van der Waals surface area contributed by atoms with Crippen molar-refractivity contribution in [2.45, 2.75) is 0 Å². The number of rotatable bonds is 0. The fraction of sp³-hybridized carbons (Fsp3) is 0. The maximum Gasteiger partial charge on any atom is 0.194 e. The van der Waals surface area contributed by atoms with E-state index >= 15 is 0 Å². The molecule has 0 aliphatic rings. The van der Waals surface area contributed by atoms with Crippen LogP contribution in [0.2, 0.25) is 0 Å². The van der Waals surface area contributed by atoms with Gasteiger partial charge in [-0.3, -0.25) is 9.59 Å². The predicted molar refractivity (Wildman–Crippen MR) is 109 cm³/mol. The second-order valence-corrected chi connectivity index (χ2v) is 6.86. The van der Waals surface area contributed by atoms with Crippen molar-refractivity contribution >= 4 is 53.9 Å². The van der Waals surface area contributed by atoms with Gasteiger partial charge < -0.3 is 0 Å². The first kappa shape index (κ1) is 13.7. The Bertz CT molecular complexity index is 1610. The topological polar surface area (TPSA) is 34.1 Å². The molecule has 0 radical (unpaired) electrons. The third-order valence-corrected chi connectivity index (χ3v) is 5.55. The number of hydrogen-bond donors (Lipinski definition) is 0. The number of fused-ring (bicyclic) bond motifs is 8. The van der Waals surface area contributed by atoms with Gasteiger partial charge in [0.1, 0.15) is 0 Å². The molecule has 2 nitrogen and oxygen atoms in total. The molecule has 0 atom stereocenters. The molecule has 2 heteroatoms. The Kier molecular flexibility index (Phi) is 2.41. The first-order valence-electron chi connectivity index (χ1n) is 8.63. The number of benzene rings is 4. The molecule has 26 heavy (non-hydrogen) atoms. The minimum absolute atomic E-state index is 0.0626. The zero-order valence-corrected chi connectivity index (χ0v) is 13.7. The molecule has 0 bridgehead atoms. The molecule has 0 amide bonds. The van der Waals surface area contributed by atoms with Crippen LogP contribution in [-0.4, -0.2) is 0 Å². The molecule has 0 N–H and O–H groups in total. The molecule has 120 valence electrons. The minimum atomic E-state index is 0.0626. The summed E-state index contributed by atoms with van der Waals surface area (Å²) < 4.78 is 0. The Labute approximate surface area is 147 Å². The van der Waals surface area contributed by atoms with Crippen LogP contribution < -0.4 is 10.9 Å². The van der Waals surface area contributed by atoms with E-state index in [0.717, 1.165) is 53.9 Å². The summed E-state index contributed by atoms with van der Waals surface area (Å²) in [7, 11) is 0. The van der Waals surface area contributed by atoms with Gasteiger partial charge in [-0.05, 0) is 44.5 Å². The molecule has 6 aromatic carbocycles. The van der Waals surface area contributed by atoms with Crippen molar-refractivity contribution in [2.24, 2.45) is 0 Å². The zero-order chi connectivity index (χ0) is 17.4. The highest BCUT2D eigenvalue weighted by Gasteiger charge is 2.15. The quantitative estimate of drug-likeness (QED) is 0.390. The van der Waals surface area contributed by atoms with Crippen LogP contribution >= 0.6 is 0 Å². The maximum absolute atomic E-state index is 13.0. The summed E-state index contributed by atoms with van der Waals surface area (Å²) in [4.78, 5) is 25.8. The maximum atomic E-state index is 13.0. The van der Waals surface area contributed by atoms with Crippen LogP contribution in [0.25, 0.3) is 53.9 Å². The highest BCUT2D eigenvalue weighted by molar-refractivity contribution is 6.24. The van der Waals surface area contributed by atoms with Crippen LogP contribution in [0, 0.1) is 0 Å². The molecule has 6 aromatic rings. The van der Waals surface area contributed by atoms with Gasteiger partial charge in [0.15, 0.2) is 10.9 Å². The molecule has 0 saturated carbocycles. The average molecular weight is 332 g/mol. The predicted octanol–water partition coefficient (Wildman–Crippen LogP) is 5.05. The lowest BCUT2D eigenvalue weighted by Crippen LogP contribution is -1.95. The molecule has 0 unspecified atom stereocenters. The Morgan fingerprint density at radius 2 is 1.04 bits per heavy atom. The first-order valence-corrected chi connectivity index (χ1v) is 8.63. The summed E-state index contributed by atoms with van der Waals surface area (Å²) in [6.07, 6.45) is 0. The van der Waals surface area contributed by atoms with Gasteiger partial charge in [-0.15, -0.1) is 0 Å². The van der Waals surface area contributed by atoms with Crippen molar-refractivity contribution in [3.63, 3.8) is 0 Å². The van der Waals surface area contributed by atoms with Gasteiger partial charge in [0.05, 0.1) is 0 Å². The summed E-state index contributed by atoms with van der Waals surface area (Å²) in [6, 6.07) is 23.4. The standard InChI is InChI=1S/C24H12O2/c25-23-17-7-3-2-6-15(17)20-12-19-13(11-21(20)23)9-10-16-14-5-1-4-8-18(14)24(26)22(16)19/h1-12H. The molecule has 0 fully saturated rings. The van der Waals surface area contributed by atoms with Gasteiger partial charge in [0.25, 0.3) is 0 Å². The third kappa shape index (κ3) is 1.52. The van der Waals surface area contributed by atoms with Crippen molar-refractivity contribution in [2.75, 3.05) is 0 Å². The van der Waals surface area contributed by atoms with Crippen LogP contribution in [0.1, 0.15) is 0 Å². The molecule has 0 heterocycles. The minimum Gasteiger partial charge on any atom is -0.289 e. The largest absolute Gasteiger partial charge is 0.289 e. The lowest BCUT2D eigenvalue weighted by Gasteiger charge is -2.01. The molecule has 0 aliphatic carbocycles. The molecule has 0 aliphatic heterocycles. The van der Waals surface area contributed by atoms with E-state index in [1.54, 1.807) is 0 Å². The Hall–Kier alpha value is -3.52. The van der Waals surface area contributed by atoms with Crippen molar-refractivity contribution in [1.29, 1.82) is 0 Å². The zero-order valence-electron chi connectivity index (χ0n) is 13.7. The third-order valence-electron chi connectivity index (χ3n) is 5.55. The summed E-state index contributed by atoms with van der Waals surface area (Å²) in [5.41, 5.74) is 0.131. The van der Waals surface area contributed by atoms with Gasteiger partial charge in [0, 0.05) is 21.5 Å². The first-order chi connectivity index (χ1) is 12.7. The summed E-state index contributed by atoms with van der Waals surface area (Å²) in [6.45, 7) is 0. The molecule has 0 saturated heterocycles. The lowest BCUT2D eigenvalue weighted by atomic mass is 10.0. The highest BCUT2D eigenvalue weighted by atomic mass is 16.1. The molecule has 0 aromatic heterocycles. The Morgan fingerprint density at radius 3 is 1.77 bits per heavy atom. The molecular formula is C24H12O2. The van der Waals surface area contributed by atoms with Gasteiger partial charge in [-0.2, -0.15) is 0 Å². The van der Waals surface area contributed by atoms with Crippen LogP contribution in [0.3, 0.4) is 0 Å². The molecule has 6 rings (SSSR count). The van der Waals surface area contributed by atoms with Gasteiger partial charge >= 0.3 is 0 Å². The van der Waals surface area contributed by atoms with Crippen molar-refractivity contribution in [3.05, 3.63) is 93.2 Å². The fourth-order valence-electron chi connectivity index (χ4n) is 4.36. The SMILES string of the molecule is O=c1c2ccccc2c2cc3c(ccc4c5ccccc5c(=O)c34)cc12. The fourth-order valence-corrected chi connectivity index (χ4v) is 4.36. The highest BCUT2D eigenvalue weighted by Crippen LogP contribution is 2.34. The smallest absolute Gasteiger partial charge is 0.194 e. The lowest BCUT2D eigenvalue weighted by molar-refractivity contribution is 1.80. The second-order valence-electron chi connectivity index (χ2n) is 6.86. The van der Waals surface area contributed by atoms with Crippen molar-refractivity contribution < 1.29 is 0 Å². The summed E-state index contributed by atoms with van der Waals surface area (Å²) in [5.74, 6) is 0. The average Bonchev–Trinajstić information content (AvgIpc) is 3.14. The van der Waals surface area contributed by atoms with E-state index in [1.165, 1.54) is 0 Å². The van der Waals surface area contributed by atoms with Crippen LogP contribution in [0.15, 0.2) is 82.4 Å². The number of hydrogen-bond acceptors (Lipinski definition) is 2. The monoisotopic (exact) mass is 332 g/mol. The van der Waals surface area contributed by atoms with E-state index < -0.39 is 0 Å². The summed E-state index contributed by atoms with van der Waals surface area (Å²) in [5, 5.41) is 8.69. The Morgan fingerprint density at radius 1 is 0.423 bits per heavy atom. The van der Waals surface area contributed by atoms with Crippen LogP contribution in [0.5, 0.6) is 0 Å². The van der Waals surface area contributed by atoms with E-state index in [0.29, 0.717) is 0 Å². The van der Waals surface area contributed by atoms with Gasteiger partial charge in [-0.25, -0.2) is 0 Å². The Balaban J connectivity index is 1.94. The molecule has 0 spiro atoms. The normalized spacial score (nSPS) is 12.2. The van der Waals surface area contributed by atoms with Crippen LogP contribution in [-0.2, 0) is 0 Å². The van der Waals surface area contributed by atoms with E-state index in [2.05, 4.69) is 0 Å². The van der Waals surface area contributed by atoms with Crippen molar-refractivity contribution in [1.82, 2.24) is 0 Å². The van der Waals surface area contributed by atoms with Gasteiger partial charge in [0.2, 0.25) is 0 Å². The second kappa shape index (κ2) is 4.55. The van der Waals surface area contributed by atoms with Crippen molar-refractivity contribution in [3.8, 4) is 0 Å². The van der Waals surface area contributed by atoms with E-state index in [9.17, 15) is 9.59 Å². The van der Waals surface area contributed by atoms with Gasteiger partial charge in [-0.1, -0.05) is 60.7 Å². The van der Waals surface area contributed by atoms with E-state index in [1.807, 2.05) is 72.8 Å².